The summed E-state index contributed by atoms with van der Waals surface area (Å²) in [5.41, 5.74) is 1.71. The smallest absolute Gasteiger partial charge is 0.243 e. The Balaban J connectivity index is 2.49. The molecule has 1 fully saturated rings. The highest BCUT2D eigenvalue weighted by Crippen LogP contribution is 2.32. The first-order valence-electron chi connectivity index (χ1n) is 7.37. The van der Waals surface area contributed by atoms with Gasteiger partial charge in [-0.2, -0.15) is 4.31 Å². The molecular formula is C15H23ClN2O2S. The number of hydrogen-bond acceptors (Lipinski definition) is 3. The molecule has 4 nitrogen and oxygen atoms in total. The van der Waals surface area contributed by atoms with Crippen LogP contribution in [0.5, 0.6) is 0 Å². The number of hydrogen-bond donors (Lipinski definition) is 1. The second-order valence-electron chi connectivity index (χ2n) is 5.54. The van der Waals surface area contributed by atoms with Crippen LogP contribution in [0.1, 0.15) is 37.3 Å². The summed E-state index contributed by atoms with van der Waals surface area (Å²) in [4.78, 5) is 0.348. The second kappa shape index (κ2) is 6.65. The Hall–Kier alpha value is -0.620. The summed E-state index contributed by atoms with van der Waals surface area (Å²) >= 11 is 6.13. The van der Waals surface area contributed by atoms with Crippen LogP contribution in [0.25, 0.3) is 0 Å². The summed E-state index contributed by atoms with van der Waals surface area (Å²) in [5.74, 6) is 0. The lowest BCUT2D eigenvalue weighted by Gasteiger charge is -2.24. The standard InChI is InChI=1S/C15H23ClN2O2S/c1-4-14-6-5-7-18(14)21(19,20)15-9-13(16)8-12(10-17-3)11(15)2/h8-9,14,17H,4-7,10H2,1-3H3. The lowest BCUT2D eigenvalue weighted by Crippen LogP contribution is -2.35. The Kier molecular flexibility index (Phi) is 5.30. The molecular weight excluding hydrogens is 308 g/mol. The van der Waals surface area contributed by atoms with E-state index in [2.05, 4.69) is 5.32 Å². The molecule has 0 aromatic heterocycles. The number of nitrogens with one attached hydrogen (secondary N) is 1. The van der Waals surface area contributed by atoms with Crippen LogP contribution < -0.4 is 5.32 Å². The van der Waals surface area contributed by atoms with E-state index in [1.807, 2.05) is 27.0 Å². The molecule has 1 aliphatic heterocycles. The van der Waals surface area contributed by atoms with Crippen molar-refractivity contribution in [3.05, 3.63) is 28.3 Å². The fraction of sp³-hybridized carbons (Fsp3) is 0.600. The summed E-state index contributed by atoms with van der Waals surface area (Å²) in [6.45, 7) is 5.10. The monoisotopic (exact) mass is 330 g/mol. The van der Waals surface area contributed by atoms with Crippen molar-refractivity contribution in [3.8, 4) is 0 Å². The SMILES string of the molecule is CCC1CCCN1S(=O)(=O)c1cc(Cl)cc(CNC)c1C. The van der Waals surface area contributed by atoms with Gasteiger partial charge in [0.05, 0.1) is 4.90 Å². The van der Waals surface area contributed by atoms with Crippen LogP contribution in [0.2, 0.25) is 5.02 Å². The van der Waals surface area contributed by atoms with E-state index in [0.29, 0.717) is 23.0 Å². The minimum Gasteiger partial charge on any atom is -0.316 e. The van der Waals surface area contributed by atoms with E-state index >= 15 is 0 Å². The second-order valence-corrected chi connectivity index (χ2v) is 7.83. The van der Waals surface area contributed by atoms with Gasteiger partial charge in [0.25, 0.3) is 0 Å². The summed E-state index contributed by atoms with van der Waals surface area (Å²) in [6.07, 6.45) is 2.72. The van der Waals surface area contributed by atoms with E-state index in [1.165, 1.54) is 0 Å². The van der Waals surface area contributed by atoms with Gasteiger partial charge >= 0.3 is 0 Å². The highest BCUT2D eigenvalue weighted by molar-refractivity contribution is 7.89. The number of halogens is 1. The first-order valence-corrected chi connectivity index (χ1v) is 9.19. The zero-order valence-electron chi connectivity index (χ0n) is 12.8. The molecule has 0 radical (unpaired) electrons. The average Bonchev–Trinajstić information content (AvgIpc) is 2.91. The topological polar surface area (TPSA) is 49.4 Å². The number of nitrogens with zero attached hydrogens (tertiary/aromatic N) is 1. The molecule has 1 N–H and O–H groups in total. The molecule has 1 heterocycles. The van der Waals surface area contributed by atoms with E-state index < -0.39 is 10.0 Å². The van der Waals surface area contributed by atoms with E-state index in [-0.39, 0.29) is 6.04 Å². The Morgan fingerprint density at radius 1 is 1.43 bits per heavy atom. The Morgan fingerprint density at radius 2 is 2.14 bits per heavy atom. The Labute approximate surface area is 132 Å². The van der Waals surface area contributed by atoms with Gasteiger partial charge < -0.3 is 5.32 Å². The average molecular weight is 331 g/mol. The zero-order chi connectivity index (χ0) is 15.6. The fourth-order valence-corrected chi connectivity index (χ4v) is 5.38. The molecule has 118 valence electrons. The molecule has 0 spiro atoms. The van der Waals surface area contributed by atoms with Crippen LogP contribution in [-0.2, 0) is 16.6 Å². The van der Waals surface area contributed by atoms with Gasteiger partial charge in [-0.15, -0.1) is 0 Å². The minimum absolute atomic E-state index is 0.112. The molecule has 0 bridgehead atoms. The van der Waals surface area contributed by atoms with Gasteiger partial charge in [0, 0.05) is 24.2 Å². The summed E-state index contributed by atoms with van der Waals surface area (Å²) in [5, 5.41) is 3.52. The molecule has 1 saturated heterocycles. The quantitative estimate of drug-likeness (QED) is 0.903. The third-order valence-corrected chi connectivity index (χ3v) is 6.48. The predicted molar refractivity (Wildman–Crippen MR) is 86.2 cm³/mol. The molecule has 1 aromatic carbocycles. The maximum atomic E-state index is 13.0. The summed E-state index contributed by atoms with van der Waals surface area (Å²) < 4.78 is 27.6. The van der Waals surface area contributed by atoms with Crippen LogP contribution in [0.4, 0.5) is 0 Å². The van der Waals surface area contributed by atoms with Crippen LogP contribution in [0.15, 0.2) is 17.0 Å². The number of rotatable bonds is 5. The fourth-order valence-electron chi connectivity index (χ4n) is 3.01. The van der Waals surface area contributed by atoms with Crippen molar-refractivity contribution < 1.29 is 8.42 Å². The molecule has 1 aliphatic rings. The van der Waals surface area contributed by atoms with E-state index in [0.717, 1.165) is 30.4 Å². The largest absolute Gasteiger partial charge is 0.316 e. The molecule has 6 heteroatoms. The third kappa shape index (κ3) is 3.26. The van der Waals surface area contributed by atoms with Crippen molar-refractivity contribution in [1.82, 2.24) is 9.62 Å². The van der Waals surface area contributed by atoms with Gasteiger partial charge in [0.2, 0.25) is 10.0 Å². The summed E-state index contributed by atoms with van der Waals surface area (Å²) in [7, 11) is -1.64. The Bertz CT molecular complexity index is 616. The highest BCUT2D eigenvalue weighted by Gasteiger charge is 2.35. The third-order valence-electron chi connectivity index (χ3n) is 4.18. The van der Waals surface area contributed by atoms with Gasteiger partial charge in [-0.1, -0.05) is 18.5 Å². The van der Waals surface area contributed by atoms with Crippen molar-refractivity contribution in [2.45, 2.75) is 50.6 Å². The first-order chi connectivity index (χ1) is 9.91. The van der Waals surface area contributed by atoms with Crippen LogP contribution in [-0.4, -0.2) is 32.4 Å². The molecule has 0 saturated carbocycles. The highest BCUT2D eigenvalue weighted by atomic mass is 35.5. The molecule has 1 aromatic rings. The molecule has 0 aliphatic carbocycles. The van der Waals surface area contributed by atoms with Crippen LogP contribution in [0.3, 0.4) is 0 Å². The van der Waals surface area contributed by atoms with Gasteiger partial charge in [-0.25, -0.2) is 8.42 Å². The van der Waals surface area contributed by atoms with Gasteiger partial charge in [0.1, 0.15) is 0 Å². The van der Waals surface area contributed by atoms with Gasteiger partial charge in [-0.05, 0) is 56.5 Å². The first kappa shape index (κ1) is 16.7. The zero-order valence-corrected chi connectivity index (χ0v) is 14.4. The van der Waals surface area contributed by atoms with E-state index in [9.17, 15) is 8.42 Å². The van der Waals surface area contributed by atoms with Gasteiger partial charge in [-0.3, -0.25) is 0 Å². The normalized spacial score (nSPS) is 20.1. The van der Waals surface area contributed by atoms with Crippen molar-refractivity contribution in [2.24, 2.45) is 0 Å². The van der Waals surface area contributed by atoms with E-state index in [4.69, 9.17) is 11.6 Å². The van der Waals surface area contributed by atoms with Crippen molar-refractivity contribution in [2.75, 3.05) is 13.6 Å². The maximum Gasteiger partial charge on any atom is 0.243 e. The molecule has 1 atom stereocenters. The number of benzene rings is 1. The minimum atomic E-state index is -3.47. The molecule has 21 heavy (non-hydrogen) atoms. The maximum absolute atomic E-state index is 13.0. The predicted octanol–water partition coefficient (Wildman–Crippen LogP) is 2.93. The lowest BCUT2D eigenvalue weighted by molar-refractivity contribution is 0.379. The number of sulfonamides is 1. The van der Waals surface area contributed by atoms with Crippen molar-refractivity contribution in [3.63, 3.8) is 0 Å². The molecule has 1 unspecified atom stereocenters. The lowest BCUT2D eigenvalue weighted by atomic mass is 10.1. The van der Waals surface area contributed by atoms with Crippen LogP contribution >= 0.6 is 11.6 Å². The summed E-state index contributed by atoms with van der Waals surface area (Å²) in [6, 6.07) is 3.52. The molecule has 0 amide bonds. The van der Waals surface area contributed by atoms with Gasteiger partial charge in [0.15, 0.2) is 0 Å². The molecule has 2 rings (SSSR count). The van der Waals surface area contributed by atoms with Crippen molar-refractivity contribution >= 4 is 21.6 Å². The van der Waals surface area contributed by atoms with E-state index in [1.54, 1.807) is 10.4 Å². The Morgan fingerprint density at radius 3 is 2.76 bits per heavy atom. The van der Waals surface area contributed by atoms with Crippen LogP contribution in [0, 0.1) is 6.92 Å². The van der Waals surface area contributed by atoms with Crippen molar-refractivity contribution in [1.29, 1.82) is 0 Å².